The SMILES string of the molecule is Cc1cccc(/C=C/C(=O)N2CCCC(CNC(=O)Nc3cccc(F)c3)C2)c1. The summed E-state index contributed by atoms with van der Waals surface area (Å²) in [7, 11) is 0. The highest BCUT2D eigenvalue weighted by molar-refractivity contribution is 5.92. The van der Waals surface area contributed by atoms with E-state index in [-0.39, 0.29) is 17.9 Å². The molecule has 1 aliphatic heterocycles. The highest BCUT2D eigenvalue weighted by Crippen LogP contribution is 2.17. The number of carbonyl (C=O) groups excluding carboxylic acids is 2. The molecule has 0 aliphatic carbocycles. The maximum absolute atomic E-state index is 13.2. The summed E-state index contributed by atoms with van der Waals surface area (Å²) < 4.78 is 13.2. The summed E-state index contributed by atoms with van der Waals surface area (Å²) in [6.45, 7) is 3.82. The molecule has 3 amide bonds. The fourth-order valence-corrected chi connectivity index (χ4v) is 3.46. The molecule has 1 fully saturated rings. The topological polar surface area (TPSA) is 61.4 Å². The average molecular weight is 395 g/mol. The highest BCUT2D eigenvalue weighted by atomic mass is 19.1. The molecule has 6 heteroatoms. The van der Waals surface area contributed by atoms with Crippen molar-refractivity contribution in [1.29, 1.82) is 0 Å². The van der Waals surface area contributed by atoms with Crippen molar-refractivity contribution in [2.75, 3.05) is 25.0 Å². The van der Waals surface area contributed by atoms with E-state index in [2.05, 4.69) is 10.6 Å². The first-order valence-electron chi connectivity index (χ1n) is 9.84. The largest absolute Gasteiger partial charge is 0.339 e. The van der Waals surface area contributed by atoms with Crippen LogP contribution >= 0.6 is 0 Å². The molecule has 2 aromatic carbocycles. The summed E-state index contributed by atoms with van der Waals surface area (Å²) in [4.78, 5) is 26.4. The van der Waals surface area contributed by atoms with Crippen molar-refractivity contribution in [2.45, 2.75) is 19.8 Å². The Morgan fingerprint density at radius 1 is 1.21 bits per heavy atom. The molecule has 1 saturated heterocycles. The zero-order valence-electron chi connectivity index (χ0n) is 16.5. The molecule has 2 N–H and O–H groups in total. The number of amides is 3. The number of benzene rings is 2. The smallest absolute Gasteiger partial charge is 0.319 e. The van der Waals surface area contributed by atoms with Crippen LogP contribution in [0.5, 0.6) is 0 Å². The number of nitrogens with zero attached hydrogens (tertiary/aromatic N) is 1. The van der Waals surface area contributed by atoms with Crippen molar-refractivity contribution in [2.24, 2.45) is 5.92 Å². The molecule has 0 aromatic heterocycles. The highest BCUT2D eigenvalue weighted by Gasteiger charge is 2.22. The number of hydrogen-bond donors (Lipinski definition) is 2. The number of anilines is 1. The molecule has 1 unspecified atom stereocenters. The summed E-state index contributed by atoms with van der Waals surface area (Å²) in [5.74, 6) is -0.221. The van der Waals surface area contributed by atoms with Gasteiger partial charge in [-0.05, 0) is 55.5 Å². The first-order chi connectivity index (χ1) is 14.0. The second-order valence-electron chi connectivity index (χ2n) is 7.39. The molecule has 0 radical (unpaired) electrons. The number of urea groups is 1. The van der Waals surface area contributed by atoms with Gasteiger partial charge >= 0.3 is 6.03 Å². The van der Waals surface area contributed by atoms with Crippen molar-refractivity contribution in [1.82, 2.24) is 10.2 Å². The van der Waals surface area contributed by atoms with E-state index in [0.717, 1.165) is 30.5 Å². The Kier molecular flexibility index (Phi) is 7.00. The van der Waals surface area contributed by atoms with Crippen LogP contribution in [0, 0.1) is 18.7 Å². The number of aryl methyl sites for hydroxylation is 1. The Bertz CT molecular complexity index is 897. The van der Waals surface area contributed by atoms with Gasteiger partial charge in [0.2, 0.25) is 5.91 Å². The van der Waals surface area contributed by atoms with Crippen molar-refractivity contribution in [3.8, 4) is 0 Å². The van der Waals surface area contributed by atoms with Gasteiger partial charge in [-0.1, -0.05) is 35.9 Å². The quantitative estimate of drug-likeness (QED) is 0.745. The van der Waals surface area contributed by atoms with E-state index in [0.29, 0.717) is 18.8 Å². The van der Waals surface area contributed by atoms with Crippen LogP contribution in [0.4, 0.5) is 14.9 Å². The number of likely N-dealkylation sites (tertiary alicyclic amines) is 1. The predicted molar refractivity (Wildman–Crippen MR) is 113 cm³/mol. The Morgan fingerprint density at radius 3 is 2.83 bits per heavy atom. The molecule has 0 saturated carbocycles. The van der Waals surface area contributed by atoms with Crippen LogP contribution in [0.1, 0.15) is 24.0 Å². The van der Waals surface area contributed by atoms with E-state index in [4.69, 9.17) is 0 Å². The Morgan fingerprint density at radius 2 is 2.03 bits per heavy atom. The summed E-state index contributed by atoms with van der Waals surface area (Å²) in [5.41, 5.74) is 2.56. The molecule has 1 heterocycles. The summed E-state index contributed by atoms with van der Waals surface area (Å²) in [6, 6.07) is 13.4. The third kappa shape index (κ3) is 6.45. The third-order valence-corrected chi connectivity index (χ3v) is 4.92. The fraction of sp³-hybridized carbons (Fsp3) is 0.304. The van der Waals surface area contributed by atoms with Gasteiger partial charge in [0.25, 0.3) is 0 Å². The number of hydrogen-bond acceptors (Lipinski definition) is 2. The number of halogens is 1. The molecule has 152 valence electrons. The van der Waals surface area contributed by atoms with E-state index in [1.165, 1.54) is 12.1 Å². The Hall–Kier alpha value is -3.15. The van der Waals surface area contributed by atoms with Crippen LogP contribution < -0.4 is 10.6 Å². The molecule has 0 bridgehead atoms. The fourth-order valence-electron chi connectivity index (χ4n) is 3.46. The zero-order valence-corrected chi connectivity index (χ0v) is 16.5. The summed E-state index contributed by atoms with van der Waals surface area (Å²) >= 11 is 0. The average Bonchev–Trinajstić information content (AvgIpc) is 2.71. The van der Waals surface area contributed by atoms with E-state index in [1.807, 2.05) is 42.2 Å². The third-order valence-electron chi connectivity index (χ3n) is 4.92. The Labute approximate surface area is 170 Å². The first-order valence-corrected chi connectivity index (χ1v) is 9.84. The summed E-state index contributed by atoms with van der Waals surface area (Å²) in [6.07, 6.45) is 5.30. The van der Waals surface area contributed by atoms with Crippen molar-refractivity contribution in [3.63, 3.8) is 0 Å². The summed E-state index contributed by atoms with van der Waals surface area (Å²) in [5, 5.41) is 5.43. The predicted octanol–water partition coefficient (Wildman–Crippen LogP) is 4.21. The van der Waals surface area contributed by atoms with Crippen LogP contribution in [0.3, 0.4) is 0 Å². The van der Waals surface area contributed by atoms with Gasteiger partial charge in [0.05, 0.1) is 0 Å². The van der Waals surface area contributed by atoms with Gasteiger partial charge in [0, 0.05) is 31.4 Å². The minimum absolute atomic E-state index is 0.0135. The Balaban J connectivity index is 1.47. The lowest BCUT2D eigenvalue weighted by Gasteiger charge is -2.32. The first kappa shape index (κ1) is 20.6. The molecular formula is C23H26FN3O2. The number of nitrogens with one attached hydrogen (secondary N) is 2. The molecule has 5 nitrogen and oxygen atoms in total. The van der Waals surface area contributed by atoms with Crippen molar-refractivity contribution < 1.29 is 14.0 Å². The van der Waals surface area contributed by atoms with Crippen LogP contribution in [0.2, 0.25) is 0 Å². The minimum atomic E-state index is -0.400. The monoisotopic (exact) mass is 395 g/mol. The molecule has 1 atom stereocenters. The number of piperidine rings is 1. The van der Waals surface area contributed by atoms with Gasteiger partial charge in [0.15, 0.2) is 0 Å². The molecule has 0 spiro atoms. The van der Waals surface area contributed by atoms with Crippen LogP contribution in [-0.4, -0.2) is 36.5 Å². The minimum Gasteiger partial charge on any atom is -0.339 e. The zero-order chi connectivity index (χ0) is 20.6. The lowest BCUT2D eigenvalue weighted by atomic mass is 9.98. The molecular weight excluding hydrogens is 369 g/mol. The second kappa shape index (κ2) is 9.87. The van der Waals surface area contributed by atoms with E-state index in [9.17, 15) is 14.0 Å². The molecule has 3 rings (SSSR count). The second-order valence-corrected chi connectivity index (χ2v) is 7.39. The van der Waals surface area contributed by atoms with Gasteiger partial charge < -0.3 is 15.5 Å². The van der Waals surface area contributed by atoms with Gasteiger partial charge in [0.1, 0.15) is 5.82 Å². The van der Waals surface area contributed by atoms with Gasteiger partial charge in [-0.3, -0.25) is 4.79 Å². The lowest BCUT2D eigenvalue weighted by Crippen LogP contribution is -2.43. The number of carbonyl (C=O) groups is 2. The van der Waals surface area contributed by atoms with Crippen molar-refractivity contribution >= 4 is 23.7 Å². The standard InChI is InChI=1S/C23H26FN3O2/c1-17-5-2-6-18(13-17)10-11-22(28)27-12-4-7-19(16-27)15-25-23(29)26-21-9-3-8-20(24)14-21/h2-3,5-6,8-11,13-14,19H,4,7,12,15-16H2,1H3,(H2,25,26,29)/b11-10+. The van der Waals surface area contributed by atoms with Crippen LogP contribution in [-0.2, 0) is 4.79 Å². The van der Waals surface area contributed by atoms with Gasteiger partial charge in [-0.2, -0.15) is 0 Å². The van der Waals surface area contributed by atoms with Crippen molar-refractivity contribution in [3.05, 3.63) is 71.6 Å². The molecule has 2 aromatic rings. The molecule has 1 aliphatic rings. The van der Waals surface area contributed by atoms with Gasteiger partial charge in [-0.15, -0.1) is 0 Å². The molecule has 29 heavy (non-hydrogen) atoms. The normalized spacial score (nSPS) is 16.6. The maximum Gasteiger partial charge on any atom is 0.319 e. The van der Waals surface area contributed by atoms with Crippen LogP contribution in [0.15, 0.2) is 54.6 Å². The van der Waals surface area contributed by atoms with E-state index < -0.39 is 5.82 Å². The van der Waals surface area contributed by atoms with E-state index >= 15 is 0 Å². The van der Waals surface area contributed by atoms with Gasteiger partial charge in [-0.25, -0.2) is 9.18 Å². The lowest BCUT2D eigenvalue weighted by molar-refractivity contribution is -0.127. The number of rotatable bonds is 5. The maximum atomic E-state index is 13.2. The van der Waals surface area contributed by atoms with Crippen LogP contribution in [0.25, 0.3) is 6.08 Å². The van der Waals surface area contributed by atoms with E-state index in [1.54, 1.807) is 18.2 Å².